The molecule has 6 rings (SSSR count). The average Bonchev–Trinajstić information content (AvgIpc) is 3.62. The molecule has 12 nitrogen and oxygen atoms in total. The number of aromatic nitrogens is 3. The van der Waals surface area contributed by atoms with E-state index >= 15 is 4.39 Å². The van der Waals surface area contributed by atoms with Crippen LogP contribution in [0.5, 0.6) is 17.4 Å². The van der Waals surface area contributed by atoms with Crippen molar-refractivity contribution in [1.29, 1.82) is 0 Å². The molecule has 0 radical (unpaired) electrons. The predicted molar refractivity (Wildman–Crippen MR) is 228 cm³/mol. The van der Waals surface area contributed by atoms with E-state index in [-0.39, 0.29) is 42.9 Å². The smallest absolute Gasteiger partial charge is 0.310 e. The van der Waals surface area contributed by atoms with E-state index < -0.39 is 32.9 Å². The number of carbonyl (C=O) groups excluding carboxylic acids is 1. The first-order chi connectivity index (χ1) is 28.4. The topological polar surface area (TPSA) is 134 Å². The Hall–Kier alpha value is -5.31. The summed E-state index contributed by atoms with van der Waals surface area (Å²) in [5, 5.41) is 8.29. The van der Waals surface area contributed by atoms with Crippen molar-refractivity contribution in [3.63, 3.8) is 0 Å². The molecule has 3 aromatic carbocycles. The first-order valence-corrected chi connectivity index (χ1v) is 21.5. The minimum Gasteiger partial charge on any atom is -0.497 e. The average molecular weight is 842 g/mol. The number of hydrogen-bond donors (Lipinski definition) is 1. The van der Waals surface area contributed by atoms with Crippen LogP contribution in [0, 0.1) is 5.82 Å². The van der Waals surface area contributed by atoms with Gasteiger partial charge in [0.05, 0.1) is 31.9 Å². The summed E-state index contributed by atoms with van der Waals surface area (Å²) in [4.78, 5) is 17.6. The molecule has 3 heterocycles. The Morgan fingerprint density at radius 1 is 0.917 bits per heavy atom. The number of hydrogen-bond acceptors (Lipinski definition) is 10. The summed E-state index contributed by atoms with van der Waals surface area (Å²) in [5.74, 6) is 0.732. The van der Waals surface area contributed by atoms with E-state index in [9.17, 15) is 13.2 Å². The zero-order valence-corrected chi connectivity index (χ0v) is 36.8. The van der Waals surface area contributed by atoms with Crippen LogP contribution in [0.4, 0.5) is 4.39 Å². The minimum atomic E-state index is -4.16. The molecule has 0 fully saturated rings. The van der Waals surface area contributed by atoms with Gasteiger partial charge in [-0.3, -0.25) is 9.48 Å². The van der Waals surface area contributed by atoms with Gasteiger partial charge in [0.1, 0.15) is 29.5 Å². The van der Waals surface area contributed by atoms with Crippen molar-refractivity contribution in [1.82, 2.24) is 24.4 Å². The highest BCUT2D eigenvalue weighted by atomic mass is 32.2. The quantitative estimate of drug-likeness (QED) is 0.0976. The molecule has 0 spiro atoms. The third-order valence-electron chi connectivity index (χ3n) is 10.3. The van der Waals surface area contributed by atoms with Crippen LogP contribution in [0.1, 0.15) is 87.9 Å². The summed E-state index contributed by atoms with van der Waals surface area (Å²) in [6, 6.07) is 21.1. The Morgan fingerprint density at radius 2 is 1.53 bits per heavy atom. The van der Waals surface area contributed by atoms with Gasteiger partial charge in [-0.15, -0.1) is 0 Å². The highest BCUT2D eigenvalue weighted by Crippen LogP contribution is 2.35. The maximum absolute atomic E-state index is 15.2. The van der Waals surface area contributed by atoms with Crippen molar-refractivity contribution in [3.05, 3.63) is 118 Å². The van der Waals surface area contributed by atoms with Crippen molar-refractivity contribution in [2.45, 2.75) is 103 Å². The Kier molecular flexibility index (Phi) is 13.4. The Labute approximate surface area is 353 Å². The molecule has 0 unspecified atom stereocenters. The van der Waals surface area contributed by atoms with Gasteiger partial charge in [0.15, 0.2) is 5.03 Å². The van der Waals surface area contributed by atoms with Gasteiger partial charge >= 0.3 is 5.97 Å². The fraction of sp³-hybridized carbons (Fsp3) is 0.413. The number of ether oxygens (including phenoxy) is 4. The standard InChI is InChI=1S/C46H56FN5O7S/c1-30(2)38-23-34(47)24-39(40(38)25-43(53)59-45(3,4)5)33-18-21-49-42(22-33)58-29-46(6,7)52-41-26-48-20-19-37(41)44(50-52)60(54,55)51(27-31-10-14-35(56-8)15-11-31)28-32-12-16-36(57-9)17-13-32/h10-18,21-24,30,48H,19-20,25-29H2,1-9H3. The van der Waals surface area contributed by atoms with Crippen LogP contribution in [-0.2, 0) is 57.6 Å². The number of methoxy groups -OCH3 is 2. The summed E-state index contributed by atoms with van der Waals surface area (Å²) in [5.41, 5.74) is 4.05. The van der Waals surface area contributed by atoms with Gasteiger partial charge in [-0.2, -0.15) is 9.40 Å². The number of nitrogens with zero attached hydrogens (tertiary/aromatic N) is 4. The second-order valence-corrected chi connectivity index (χ2v) is 18.8. The highest BCUT2D eigenvalue weighted by Gasteiger charge is 2.37. The Bertz CT molecular complexity index is 2360. The van der Waals surface area contributed by atoms with E-state index in [1.54, 1.807) is 37.2 Å². The maximum Gasteiger partial charge on any atom is 0.310 e. The summed E-state index contributed by atoms with van der Waals surface area (Å²) in [7, 11) is -0.979. The third kappa shape index (κ3) is 10.3. The lowest BCUT2D eigenvalue weighted by molar-refractivity contribution is -0.153. The molecule has 0 saturated heterocycles. The number of benzene rings is 3. The Morgan fingerprint density at radius 3 is 2.10 bits per heavy atom. The van der Waals surface area contributed by atoms with E-state index in [1.165, 1.54) is 16.4 Å². The lowest BCUT2D eigenvalue weighted by Crippen LogP contribution is -2.38. The second kappa shape index (κ2) is 18.1. The van der Waals surface area contributed by atoms with Crippen molar-refractivity contribution < 1.29 is 36.6 Å². The second-order valence-electron chi connectivity index (χ2n) is 17.0. The van der Waals surface area contributed by atoms with Crippen LogP contribution in [0.3, 0.4) is 0 Å². The van der Waals surface area contributed by atoms with Crippen LogP contribution in [0.15, 0.2) is 84.0 Å². The number of pyridine rings is 1. The van der Waals surface area contributed by atoms with Crippen LogP contribution < -0.4 is 19.5 Å². The minimum absolute atomic E-state index is 0.0128. The lowest BCUT2D eigenvalue weighted by atomic mass is 9.88. The number of rotatable bonds is 16. The number of sulfonamides is 1. The molecule has 5 aromatic rings. The summed E-state index contributed by atoms with van der Waals surface area (Å²) >= 11 is 0. The highest BCUT2D eigenvalue weighted by molar-refractivity contribution is 7.89. The monoisotopic (exact) mass is 841 g/mol. The Balaban J connectivity index is 1.31. The molecule has 320 valence electrons. The van der Waals surface area contributed by atoms with E-state index in [4.69, 9.17) is 24.0 Å². The number of halogens is 1. The van der Waals surface area contributed by atoms with Crippen LogP contribution in [0.2, 0.25) is 0 Å². The zero-order valence-electron chi connectivity index (χ0n) is 36.0. The first kappa shape index (κ1) is 44.2. The zero-order chi connectivity index (χ0) is 43.4. The first-order valence-electron chi connectivity index (χ1n) is 20.1. The maximum atomic E-state index is 15.2. The van der Waals surface area contributed by atoms with E-state index in [2.05, 4.69) is 10.3 Å². The van der Waals surface area contributed by atoms with Crippen molar-refractivity contribution in [2.24, 2.45) is 0 Å². The van der Waals surface area contributed by atoms with Crippen molar-refractivity contribution >= 4 is 16.0 Å². The molecule has 2 aromatic heterocycles. The normalized spacial score (nSPS) is 13.3. The largest absolute Gasteiger partial charge is 0.497 e. The molecule has 60 heavy (non-hydrogen) atoms. The fourth-order valence-corrected chi connectivity index (χ4v) is 8.96. The molecule has 0 bridgehead atoms. The van der Waals surface area contributed by atoms with Crippen molar-refractivity contribution in [3.8, 4) is 28.5 Å². The molecular formula is C46H56FN5O7S. The lowest BCUT2D eigenvalue weighted by Gasteiger charge is -2.28. The van der Waals surface area contributed by atoms with Crippen molar-refractivity contribution in [2.75, 3.05) is 27.4 Å². The molecule has 1 aliphatic rings. The predicted octanol–water partition coefficient (Wildman–Crippen LogP) is 7.96. The molecule has 1 aliphatic heterocycles. The van der Waals surface area contributed by atoms with Gasteiger partial charge in [0.25, 0.3) is 10.0 Å². The molecule has 14 heteroatoms. The van der Waals surface area contributed by atoms with Gasteiger partial charge in [-0.1, -0.05) is 38.1 Å². The van der Waals surface area contributed by atoms with Gasteiger partial charge in [-0.25, -0.2) is 17.8 Å². The summed E-state index contributed by atoms with van der Waals surface area (Å²) in [6.45, 7) is 14.5. The van der Waals surface area contributed by atoms with Gasteiger partial charge < -0.3 is 24.3 Å². The summed E-state index contributed by atoms with van der Waals surface area (Å²) < 4.78 is 70.8. The number of nitrogens with one attached hydrogen (secondary N) is 1. The molecule has 0 amide bonds. The molecule has 0 saturated carbocycles. The number of fused-ring (bicyclic) bond motifs is 1. The molecule has 1 N–H and O–H groups in total. The van der Waals surface area contributed by atoms with Crippen LogP contribution in [-0.4, -0.2) is 66.4 Å². The van der Waals surface area contributed by atoms with E-state index in [0.717, 1.165) is 16.8 Å². The number of carbonyl (C=O) groups is 1. The van der Waals surface area contributed by atoms with E-state index in [0.29, 0.717) is 58.8 Å². The fourth-order valence-electron chi connectivity index (χ4n) is 7.36. The molecule has 0 atom stereocenters. The molecular weight excluding hydrogens is 786 g/mol. The summed E-state index contributed by atoms with van der Waals surface area (Å²) in [6.07, 6.45) is 2.02. The van der Waals surface area contributed by atoms with E-state index in [1.807, 2.05) is 97.0 Å². The molecule has 0 aliphatic carbocycles. The van der Waals surface area contributed by atoms with Gasteiger partial charge in [0.2, 0.25) is 5.88 Å². The van der Waals surface area contributed by atoms with Gasteiger partial charge in [-0.05, 0) is 129 Å². The SMILES string of the molecule is COc1ccc(CN(Cc2ccc(OC)cc2)S(=O)(=O)c2nn(C(C)(C)COc3cc(-c4cc(F)cc(C(C)C)c4CC(=O)OC(C)(C)C)ccn3)c3c2CCNC3)cc1. The third-order valence-corrected chi connectivity index (χ3v) is 12.1. The van der Waals surface area contributed by atoms with Crippen LogP contribution in [0.25, 0.3) is 11.1 Å². The number of esters is 1. The van der Waals surface area contributed by atoms with Gasteiger partial charge in [0, 0.05) is 37.5 Å². The van der Waals surface area contributed by atoms with Crippen LogP contribution >= 0.6 is 0 Å².